The topological polar surface area (TPSA) is 109 Å². The number of fused-ring (bicyclic) bond motifs is 1. The molecule has 0 bridgehead atoms. The van der Waals surface area contributed by atoms with Crippen LogP contribution in [0.1, 0.15) is 23.2 Å². The average molecular weight is 534 g/mol. The number of hydrogen-bond donors (Lipinski definition) is 2. The van der Waals surface area contributed by atoms with Gasteiger partial charge in [-0.2, -0.15) is 9.97 Å². The lowest BCUT2D eigenvalue weighted by Gasteiger charge is -2.09. The summed E-state index contributed by atoms with van der Waals surface area (Å²) < 4.78 is 6.28. The van der Waals surface area contributed by atoms with Gasteiger partial charge in [0.25, 0.3) is 0 Å². The van der Waals surface area contributed by atoms with E-state index in [2.05, 4.69) is 40.8 Å². The molecule has 0 fully saturated rings. The lowest BCUT2D eigenvalue weighted by molar-refractivity contribution is 0.545. The summed E-state index contributed by atoms with van der Waals surface area (Å²) in [5.41, 5.74) is 9.28. The molecule has 0 spiro atoms. The number of anilines is 1. The van der Waals surface area contributed by atoms with Crippen LogP contribution in [0.5, 0.6) is 0 Å². The van der Waals surface area contributed by atoms with Crippen LogP contribution in [0, 0.1) is 13.8 Å². The number of aromatic nitrogens is 6. The summed E-state index contributed by atoms with van der Waals surface area (Å²) in [6, 6.07) is 4.03. The van der Waals surface area contributed by atoms with Gasteiger partial charge in [0, 0.05) is 42.7 Å². The van der Waals surface area contributed by atoms with Crippen molar-refractivity contribution in [3.63, 3.8) is 0 Å². The maximum absolute atomic E-state index is 13.4. The Kier molecular flexibility index (Phi) is 7.16. The predicted octanol–water partition coefficient (Wildman–Crippen LogP) is 3.13. The zero-order valence-corrected chi connectivity index (χ0v) is 20.9. The Morgan fingerprint density at radius 3 is 2.64 bits per heavy atom. The summed E-state index contributed by atoms with van der Waals surface area (Å²) in [6.45, 7) is 7.02. The second-order valence-electron chi connectivity index (χ2n) is 7.92. The van der Waals surface area contributed by atoms with E-state index in [0.29, 0.717) is 24.3 Å². The molecular formula is C22H26BrClN8O. The van der Waals surface area contributed by atoms with E-state index in [1.54, 1.807) is 15.3 Å². The Balaban J connectivity index is 1.56. The number of pyridine rings is 1. The quantitative estimate of drug-likeness (QED) is 0.253. The first-order valence-corrected chi connectivity index (χ1v) is 11.9. The molecule has 33 heavy (non-hydrogen) atoms. The maximum atomic E-state index is 13.4. The van der Waals surface area contributed by atoms with E-state index in [4.69, 9.17) is 17.3 Å². The molecule has 3 N–H and O–H groups in total. The third-order valence-corrected chi connectivity index (χ3v) is 7.09. The molecule has 0 atom stereocenters. The number of nitrogen functional groups attached to an aromatic ring is 1. The third-order valence-electron chi connectivity index (χ3n) is 5.61. The minimum Gasteiger partial charge on any atom is -0.368 e. The summed E-state index contributed by atoms with van der Waals surface area (Å²) in [5.74, 6) is 0.0244. The molecule has 11 heteroatoms. The highest BCUT2D eigenvalue weighted by Crippen LogP contribution is 2.25. The van der Waals surface area contributed by atoms with Gasteiger partial charge in [-0.1, -0.05) is 27.5 Å². The number of hydrogen-bond acceptors (Lipinski definition) is 6. The maximum Gasteiger partial charge on any atom is 0.330 e. The smallest absolute Gasteiger partial charge is 0.330 e. The normalized spacial score (nSPS) is 11.5. The molecule has 0 saturated heterocycles. The number of nitrogens with zero attached hydrogens (tertiary/aromatic N) is 6. The standard InChI is InChI=1S/C22H26BrClN8O/c1-14-12-27-16(15(2)17(14)23)13-32-20-18(19(24)28-21(25)29-20)31(22(32)33)11-7-26-6-5-10-30-8-3-4-9-30/h3-4,8-9,12,26H,5-7,10-11,13H2,1-2H3,(H2,25,28,29). The summed E-state index contributed by atoms with van der Waals surface area (Å²) >= 11 is 10.0. The Morgan fingerprint density at radius 2 is 1.88 bits per heavy atom. The molecule has 0 radical (unpaired) electrons. The van der Waals surface area contributed by atoms with Gasteiger partial charge in [-0.15, -0.1) is 0 Å². The van der Waals surface area contributed by atoms with Crippen molar-refractivity contribution in [2.24, 2.45) is 0 Å². The SMILES string of the molecule is Cc1cnc(Cn2c(=O)n(CCNCCCn3cccc3)c3c(Cl)nc(N)nc32)c(C)c1Br. The van der Waals surface area contributed by atoms with Crippen LogP contribution in [0.25, 0.3) is 11.2 Å². The van der Waals surface area contributed by atoms with E-state index in [1.807, 2.05) is 38.4 Å². The molecule has 4 rings (SSSR count). The first-order chi connectivity index (χ1) is 15.9. The van der Waals surface area contributed by atoms with Crippen LogP contribution in [0.4, 0.5) is 5.95 Å². The molecule has 174 valence electrons. The lowest BCUT2D eigenvalue weighted by Crippen LogP contribution is -2.30. The van der Waals surface area contributed by atoms with Crippen LogP contribution < -0.4 is 16.7 Å². The highest BCUT2D eigenvalue weighted by Gasteiger charge is 2.20. The van der Waals surface area contributed by atoms with Crippen molar-refractivity contribution in [2.75, 3.05) is 18.8 Å². The predicted molar refractivity (Wildman–Crippen MR) is 134 cm³/mol. The molecule has 4 heterocycles. The van der Waals surface area contributed by atoms with E-state index in [-0.39, 0.29) is 23.3 Å². The van der Waals surface area contributed by atoms with Crippen LogP contribution in [-0.4, -0.2) is 41.7 Å². The van der Waals surface area contributed by atoms with E-state index >= 15 is 0 Å². The summed E-state index contributed by atoms with van der Waals surface area (Å²) in [5, 5.41) is 3.55. The van der Waals surface area contributed by atoms with Gasteiger partial charge in [0.15, 0.2) is 10.8 Å². The monoisotopic (exact) mass is 532 g/mol. The summed E-state index contributed by atoms with van der Waals surface area (Å²) in [6.07, 6.45) is 6.86. The number of aryl methyl sites for hydroxylation is 2. The highest BCUT2D eigenvalue weighted by molar-refractivity contribution is 9.10. The fourth-order valence-electron chi connectivity index (χ4n) is 3.82. The number of nitrogens with one attached hydrogen (secondary N) is 1. The van der Waals surface area contributed by atoms with Crippen LogP contribution in [0.2, 0.25) is 5.15 Å². The number of rotatable bonds is 9. The van der Waals surface area contributed by atoms with Crippen molar-refractivity contribution in [1.82, 2.24) is 34.0 Å². The van der Waals surface area contributed by atoms with Crippen molar-refractivity contribution in [2.45, 2.75) is 39.9 Å². The van der Waals surface area contributed by atoms with Crippen molar-refractivity contribution in [3.8, 4) is 0 Å². The first kappa shape index (κ1) is 23.5. The summed E-state index contributed by atoms with van der Waals surface area (Å²) in [7, 11) is 0. The molecule has 0 aliphatic heterocycles. The van der Waals surface area contributed by atoms with Crippen LogP contribution >= 0.6 is 27.5 Å². The first-order valence-electron chi connectivity index (χ1n) is 10.7. The molecular weight excluding hydrogens is 508 g/mol. The Bertz CT molecular complexity index is 1330. The minimum absolute atomic E-state index is 0.0244. The molecule has 0 aliphatic rings. The van der Waals surface area contributed by atoms with Crippen LogP contribution in [-0.2, 0) is 19.6 Å². The lowest BCUT2D eigenvalue weighted by atomic mass is 10.1. The van der Waals surface area contributed by atoms with Crippen molar-refractivity contribution in [3.05, 3.63) is 67.7 Å². The Morgan fingerprint density at radius 1 is 1.12 bits per heavy atom. The molecule has 0 amide bonds. The zero-order chi connectivity index (χ0) is 23.5. The second-order valence-corrected chi connectivity index (χ2v) is 9.07. The van der Waals surface area contributed by atoms with Gasteiger partial charge in [0.05, 0.1) is 12.2 Å². The fourth-order valence-corrected chi connectivity index (χ4v) is 4.42. The molecule has 0 aliphatic carbocycles. The third kappa shape index (κ3) is 4.97. The number of imidazole rings is 1. The fraction of sp³-hybridized carbons (Fsp3) is 0.364. The van der Waals surface area contributed by atoms with Crippen molar-refractivity contribution >= 4 is 44.6 Å². The van der Waals surface area contributed by atoms with Gasteiger partial charge >= 0.3 is 5.69 Å². The Labute approximate surface area is 204 Å². The van der Waals surface area contributed by atoms with E-state index < -0.39 is 0 Å². The molecule has 0 unspecified atom stereocenters. The molecule has 0 saturated carbocycles. The van der Waals surface area contributed by atoms with E-state index in [1.165, 1.54) is 0 Å². The van der Waals surface area contributed by atoms with Gasteiger partial charge < -0.3 is 15.6 Å². The summed E-state index contributed by atoms with van der Waals surface area (Å²) in [4.78, 5) is 26.3. The van der Waals surface area contributed by atoms with Gasteiger partial charge in [0.2, 0.25) is 5.95 Å². The number of halogens is 2. The van der Waals surface area contributed by atoms with Crippen LogP contribution in [0.3, 0.4) is 0 Å². The highest BCUT2D eigenvalue weighted by atomic mass is 79.9. The molecule has 4 aromatic rings. The Hall–Kier alpha value is -2.69. The molecule has 9 nitrogen and oxygen atoms in total. The van der Waals surface area contributed by atoms with Gasteiger partial charge in [-0.25, -0.2) is 4.79 Å². The van der Waals surface area contributed by atoms with Gasteiger partial charge in [-0.3, -0.25) is 14.1 Å². The molecule has 0 aromatic carbocycles. The van der Waals surface area contributed by atoms with Crippen LogP contribution in [0.15, 0.2) is 40.0 Å². The average Bonchev–Trinajstić information content (AvgIpc) is 3.38. The van der Waals surface area contributed by atoms with Crippen molar-refractivity contribution < 1.29 is 0 Å². The van der Waals surface area contributed by atoms with E-state index in [0.717, 1.165) is 40.8 Å². The zero-order valence-electron chi connectivity index (χ0n) is 18.6. The van der Waals surface area contributed by atoms with Crippen molar-refractivity contribution in [1.29, 1.82) is 0 Å². The number of nitrogens with two attached hydrogens (primary N) is 1. The van der Waals surface area contributed by atoms with Gasteiger partial charge in [0.1, 0.15) is 5.52 Å². The minimum atomic E-state index is -0.223. The van der Waals surface area contributed by atoms with E-state index in [9.17, 15) is 4.79 Å². The molecule has 4 aromatic heterocycles. The van der Waals surface area contributed by atoms with Gasteiger partial charge in [-0.05, 0) is 50.1 Å². The largest absolute Gasteiger partial charge is 0.368 e. The second kappa shape index (κ2) is 10.1.